The van der Waals surface area contributed by atoms with Crippen molar-refractivity contribution in [2.24, 2.45) is 4.99 Å². The molecule has 0 spiro atoms. The van der Waals surface area contributed by atoms with Gasteiger partial charge in [0.2, 0.25) is 17.7 Å². The Morgan fingerprint density at radius 3 is 2.33 bits per heavy atom. The largest absolute Gasteiger partial charge is 0.379 e. The van der Waals surface area contributed by atoms with Crippen molar-refractivity contribution in [2.75, 3.05) is 39.5 Å². The zero-order valence-corrected chi connectivity index (χ0v) is 13.5. The first-order chi connectivity index (χ1) is 11.6. The lowest BCUT2D eigenvalue weighted by Gasteiger charge is -2.07. The van der Waals surface area contributed by atoms with Gasteiger partial charge in [-0.2, -0.15) is 0 Å². The van der Waals surface area contributed by atoms with E-state index in [1.165, 1.54) is 0 Å². The molecule has 3 amide bonds. The van der Waals surface area contributed by atoms with Crippen LogP contribution in [0.3, 0.4) is 0 Å². The first kappa shape index (κ1) is 21.6. The van der Waals surface area contributed by atoms with Crippen LogP contribution in [-0.2, 0) is 28.7 Å². The summed E-state index contributed by atoms with van der Waals surface area (Å²) in [5, 5.41) is 5.09. The van der Waals surface area contributed by atoms with E-state index in [-0.39, 0.29) is 37.8 Å². The van der Waals surface area contributed by atoms with Gasteiger partial charge in [-0.15, -0.1) is 0 Å². The van der Waals surface area contributed by atoms with Crippen molar-refractivity contribution in [2.45, 2.75) is 12.8 Å². The number of nitrogens with zero attached hydrogens (tertiary/aromatic N) is 1. The second kappa shape index (κ2) is 15.5. The van der Waals surface area contributed by atoms with Crippen LogP contribution < -0.4 is 10.6 Å². The van der Waals surface area contributed by atoms with Gasteiger partial charge in [0.05, 0.1) is 32.8 Å². The molecule has 0 radical (unpaired) electrons. The maximum atomic E-state index is 11.4. The lowest BCUT2D eigenvalue weighted by Crippen LogP contribution is -2.31. The van der Waals surface area contributed by atoms with Crippen molar-refractivity contribution in [1.82, 2.24) is 10.6 Å². The summed E-state index contributed by atoms with van der Waals surface area (Å²) in [6.45, 7) is 4.93. The highest BCUT2D eigenvalue weighted by Crippen LogP contribution is 1.86. The van der Waals surface area contributed by atoms with Gasteiger partial charge in [-0.3, -0.25) is 19.2 Å². The summed E-state index contributed by atoms with van der Waals surface area (Å²) < 4.78 is 10.4. The van der Waals surface area contributed by atoms with Crippen LogP contribution in [-0.4, -0.2) is 70.2 Å². The monoisotopic (exact) mass is 341 g/mol. The molecule has 0 aromatic rings. The summed E-state index contributed by atoms with van der Waals surface area (Å²) in [4.78, 5) is 46.6. The Kier molecular flexibility index (Phi) is 14.0. The minimum Gasteiger partial charge on any atom is -0.379 e. The first-order valence-electron chi connectivity index (χ1n) is 7.41. The molecule has 24 heavy (non-hydrogen) atoms. The second-order valence-corrected chi connectivity index (χ2v) is 4.41. The topological polar surface area (TPSA) is 123 Å². The molecule has 0 aromatic carbocycles. The van der Waals surface area contributed by atoms with E-state index in [9.17, 15) is 19.2 Å². The van der Waals surface area contributed by atoms with Gasteiger partial charge in [-0.05, 0) is 12.8 Å². The number of allylic oxidation sites excluding steroid dienone is 1. The van der Waals surface area contributed by atoms with Crippen molar-refractivity contribution in [3.63, 3.8) is 0 Å². The third-order valence-corrected chi connectivity index (χ3v) is 2.55. The molecular weight excluding hydrogens is 318 g/mol. The molecule has 0 rings (SSSR count). The molecule has 0 aliphatic carbocycles. The van der Waals surface area contributed by atoms with Crippen LogP contribution >= 0.6 is 0 Å². The van der Waals surface area contributed by atoms with Crippen LogP contribution in [0, 0.1) is 0 Å². The lowest BCUT2D eigenvalue weighted by molar-refractivity contribution is -0.121. The molecule has 0 aromatic heterocycles. The van der Waals surface area contributed by atoms with Crippen molar-refractivity contribution in [1.29, 1.82) is 0 Å². The SMILES string of the molecule is C=NC(=O)CCOCCOCCNC(=O)CCNC(=O)/C=C\C=O. The summed E-state index contributed by atoms with van der Waals surface area (Å²) >= 11 is 0. The number of aldehydes is 1. The van der Waals surface area contributed by atoms with Crippen LogP contribution in [0.25, 0.3) is 0 Å². The smallest absolute Gasteiger partial charge is 0.247 e. The fourth-order valence-electron chi connectivity index (χ4n) is 1.40. The van der Waals surface area contributed by atoms with Crippen molar-refractivity contribution in [3.8, 4) is 0 Å². The number of ether oxygens (including phenoxy) is 2. The standard InChI is InChI=1S/C15H23N3O6/c1-16-13(20)5-9-23-11-12-24-10-7-18-15(22)4-6-17-14(21)3-2-8-19/h2-3,8H,1,4-7,9-12H2,(H,17,21)(H,18,22)/b3-2-. The number of hydrogen-bond donors (Lipinski definition) is 2. The van der Waals surface area contributed by atoms with Gasteiger partial charge in [0.1, 0.15) is 6.29 Å². The average molecular weight is 341 g/mol. The molecular formula is C15H23N3O6. The number of carbonyl (C=O) groups excluding carboxylic acids is 4. The van der Waals surface area contributed by atoms with Gasteiger partial charge < -0.3 is 20.1 Å². The van der Waals surface area contributed by atoms with Crippen LogP contribution in [0.5, 0.6) is 0 Å². The van der Waals surface area contributed by atoms with Gasteiger partial charge in [0, 0.05) is 25.6 Å². The van der Waals surface area contributed by atoms with Gasteiger partial charge in [-0.1, -0.05) is 0 Å². The summed E-state index contributed by atoms with van der Waals surface area (Å²) in [6, 6.07) is 0. The van der Waals surface area contributed by atoms with Crippen LogP contribution in [0.4, 0.5) is 0 Å². The highest BCUT2D eigenvalue weighted by atomic mass is 16.5. The molecule has 134 valence electrons. The number of amides is 3. The predicted octanol–water partition coefficient (Wildman–Crippen LogP) is -0.985. The van der Waals surface area contributed by atoms with E-state index in [1.807, 2.05) is 0 Å². The molecule has 0 heterocycles. The molecule has 0 aliphatic rings. The minimum atomic E-state index is -0.427. The predicted molar refractivity (Wildman–Crippen MR) is 86.7 cm³/mol. The molecule has 0 saturated heterocycles. The number of carbonyl (C=O) groups is 4. The molecule has 0 atom stereocenters. The molecule has 9 heteroatoms. The Morgan fingerprint density at radius 1 is 0.958 bits per heavy atom. The van der Waals surface area contributed by atoms with E-state index >= 15 is 0 Å². The Hall–Kier alpha value is -2.39. The maximum absolute atomic E-state index is 11.4. The maximum Gasteiger partial charge on any atom is 0.247 e. The highest BCUT2D eigenvalue weighted by molar-refractivity contribution is 5.91. The van der Waals surface area contributed by atoms with Gasteiger partial charge in [0.15, 0.2) is 0 Å². The van der Waals surface area contributed by atoms with Gasteiger partial charge in [0.25, 0.3) is 0 Å². The lowest BCUT2D eigenvalue weighted by atomic mass is 10.4. The zero-order chi connectivity index (χ0) is 18.0. The Bertz CT molecular complexity index is 450. The molecule has 0 unspecified atom stereocenters. The fraction of sp³-hybridized carbons (Fsp3) is 0.533. The molecule has 2 N–H and O–H groups in total. The van der Waals surface area contributed by atoms with Crippen LogP contribution in [0.1, 0.15) is 12.8 Å². The molecule has 0 aliphatic heterocycles. The molecule has 0 bridgehead atoms. The summed E-state index contributed by atoms with van der Waals surface area (Å²) in [5.74, 6) is -0.955. The first-order valence-corrected chi connectivity index (χ1v) is 7.41. The van der Waals surface area contributed by atoms with Crippen LogP contribution in [0.15, 0.2) is 17.1 Å². The average Bonchev–Trinajstić information content (AvgIpc) is 2.58. The number of hydrogen-bond acceptors (Lipinski definition) is 6. The molecule has 0 fully saturated rings. The number of rotatable bonds is 14. The van der Waals surface area contributed by atoms with Crippen LogP contribution in [0.2, 0.25) is 0 Å². The fourth-order valence-corrected chi connectivity index (χ4v) is 1.40. The van der Waals surface area contributed by atoms with E-state index in [2.05, 4.69) is 22.3 Å². The second-order valence-electron chi connectivity index (χ2n) is 4.41. The Morgan fingerprint density at radius 2 is 1.67 bits per heavy atom. The van der Waals surface area contributed by atoms with Crippen molar-refractivity contribution in [3.05, 3.63) is 12.2 Å². The van der Waals surface area contributed by atoms with E-state index in [0.717, 1.165) is 12.2 Å². The Labute approximate surface area is 140 Å². The summed E-state index contributed by atoms with van der Waals surface area (Å²) in [7, 11) is 0. The minimum absolute atomic E-state index is 0.134. The number of nitrogens with one attached hydrogen (secondary N) is 2. The zero-order valence-electron chi connectivity index (χ0n) is 13.5. The van der Waals surface area contributed by atoms with Gasteiger partial charge in [-0.25, -0.2) is 4.99 Å². The third kappa shape index (κ3) is 14.5. The van der Waals surface area contributed by atoms with E-state index in [1.54, 1.807) is 0 Å². The highest BCUT2D eigenvalue weighted by Gasteiger charge is 2.02. The van der Waals surface area contributed by atoms with Gasteiger partial charge >= 0.3 is 0 Å². The summed E-state index contributed by atoms with van der Waals surface area (Å²) in [5.41, 5.74) is 0. The van der Waals surface area contributed by atoms with Crippen molar-refractivity contribution >= 4 is 30.7 Å². The van der Waals surface area contributed by atoms with E-state index in [0.29, 0.717) is 32.7 Å². The number of aliphatic imine (C=N–C) groups is 1. The van der Waals surface area contributed by atoms with Crippen molar-refractivity contribution < 1.29 is 28.7 Å². The Balaban J connectivity index is 3.38. The summed E-state index contributed by atoms with van der Waals surface area (Å²) in [6.07, 6.45) is 2.99. The quantitative estimate of drug-likeness (QED) is 0.181. The molecule has 9 nitrogen and oxygen atoms in total. The van der Waals surface area contributed by atoms with E-state index < -0.39 is 5.91 Å². The van der Waals surface area contributed by atoms with E-state index in [4.69, 9.17) is 9.47 Å². The normalized spacial score (nSPS) is 10.3. The third-order valence-electron chi connectivity index (χ3n) is 2.55. The molecule has 0 saturated carbocycles.